The Balaban J connectivity index is 1.37. The molecule has 1 aromatic carbocycles. The zero-order valence-corrected chi connectivity index (χ0v) is 19.4. The third kappa shape index (κ3) is 3.07. The van der Waals surface area contributed by atoms with Gasteiger partial charge in [-0.25, -0.2) is 0 Å². The number of hydrogen-bond acceptors (Lipinski definition) is 2. The third-order valence-electron chi connectivity index (χ3n) is 9.09. The van der Waals surface area contributed by atoms with E-state index in [0.717, 1.165) is 42.3 Å². The van der Waals surface area contributed by atoms with Crippen molar-refractivity contribution in [2.45, 2.75) is 58.4 Å². The van der Waals surface area contributed by atoms with Crippen LogP contribution in [0.25, 0.3) is 0 Å². The summed E-state index contributed by atoms with van der Waals surface area (Å²) in [6, 6.07) is 8.12. The van der Waals surface area contributed by atoms with Crippen molar-refractivity contribution in [2.75, 3.05) is 5.32 Å². The summed E-state index contributed by atoms with van der Waals surface area (Å²) in [4.78, 5) is 25.2. The minimum atomic E-state index is 0.0504. The molecule has 3 saturated carbocycles. The molecule has 2 amide bonds. The van der Waals surface area contributed by atoms with E-state index in [-0.39, 0.29) is 34.6 Å². The van der Waals surface area contributed by atoms with Crippen LogP contribution in [0.3, 0.4) is 0 Å². The lowest BCUT2D eigenvalue weighted by molar-refractivity contribution is -0.129. The molecule has 3 fully saturated rings. The molecule has 4 nitrogen and oxygen atoms in total. The molecule has 2 N–H and O–H groups in total. The van der Waals surface area contributed by atoms with Gasteiger partial charge in [0.2, 0.25) is 11.8 Å². The number of amides is 2. The Morgan fingerprint density at radius 3 is 2.77 bits per heavy atom. The summed E-state index contributed by atoms with van der Waals surface area (Å²) in [5.41, 5.74) is 0.989. The Labute approximate surface area is 187 Å². The van der Waals surface area contributed by atoms with Crippen LogP contribution < -0.4 is 10.6 Å². The molecule has 0 aromatic heterocycles. The Morgan fingerprint density at radius 1 is 1.13 bits per heavy atom. The van der Waals surface area contributed by atoms with Gasteiger partial charge in [-0.15, -0.1) is 0 Å². The first-order valence-corrected chi connectivity index (χ1v) is 12.2. The summed E-state index contributed by atoms with van der Waals surface area (Å²) in [7, 11) is 0. The van der Waals surface area contributed by atoms with Crippen molar-refractivity contribution < 1.29 is 9.59 Å². The fraction of sp³-hybridized carbons (Fsp3) is 0.600. The maximum absolute atomic E-state index is 13.3. The van der Waals surface area contributed by atoms with E-state index in [2.05, 4.69) is 46.5 Å². The largest absolute Gasteiger partial charge is 0.349 e. The van der Waals surface area contributed by atoms with Gasteiger partial charge in [0.1, 0.15) is 0 Å². The van der Waals surface area contributed by atoms with Crippen molar-refractivity contribution in [3.8, 4) is 0 Å². The van der Waals surface area contributed by atoms with Crippen LogP contribution in [0.4, 0.5) is 5.69 Å². The number of benzene rings is 1. The lowest BCUT2D eigenvalue weighted by Crippen LogP contribution is -2.59. The molecular formula is C25H31BrN2O2. The van der Waals surface area contributed by atoms with E-state index in [1.807, 2.05) is 24.3 Å². The Hall–Kier alpha value is -1.62. The summed E-state index contributed by atoms with van der Waals surface area (Å²) in [5, 5.41) is 6.41. The third-order valence-corrected chi connectivity index (χ3v) is 9.59. The van der Waals surface area contributed by atoms with Gasteiger partial charge in [0.15, 0.2) is 0 Å². The standard InChI is InChI=1S/C25H31BrN2O2/c1-24-12-10-19-17(6-9-21-25(19,2)13-11-22(29)28-21)18(24)7-8-20(24)23(30)27-16-5-3-4-15(26)14-16/h3-5,11,13-14,17-21H,6-10,12H2,1-2H3,(H,27,30)(H,28,29)/t17?,18?,19?,20?,21?,24-,25+/m0/s1. The molecule has 4 aliphatic rings. The highest BCUT2D eigenvalue weighted by Gasteiger charge is 2.60. The number of hydrogen-bond donors (Lipinski definition) is 2. The Kier molecular flexibility index (Phi) is 4.88. The van der Waals surface area contributed by atoms with Gasteiger partial charge in [-0.2, -0.15) is 0 Å². The van der Waals surface area contributed by atoms with Crippen molar-refractivity contribution in [1.29, 1.82) is 0 Å². The molecule has 5 heteroatoms. The normalized spacial score (nSPS) is 42.0. The Morgan fingerprint density at radius 2 is 1.97 bits per heavy atom. The summed E-state index contributed by atoms with van der Waals surface area (Å²) < 4.78 is 0.981. The maximum Gasteiger partial charge on any atom is 0.243 e. The quantitative estimate of drug-likeness (QED) is 0.615. The average molecular weight is 471 g/mol. The molecule has 160 valence electrons. The van der Waals surface area contributed by atoms with Crippen LogP contribution >= 0.6 is 15.9 Å². The number of fused-ring (bicyclic) bond motifs is 5. The summed E-state index contributed by atoms with van der Waals surface area (Å²) in [6.07, 6.45) is 10.5. The molecule has 5 rings (SSSR count). The first-order valence-electron chi connectivity index (χ1n) is 11.4. The fourth-order valence-electron chi connectivity index (χ4n) is 7.56. The van der Waals surface area contributed by atoms with Crippen LogP contribution in [-0.4, -0.2) is 17.9 Å². The number of carbonyl (C=O) groups excluding carboxylic acids is 2. The fourth-order valence-corrected chi connectivity index (χ4v) is 7.96. The number of halogens is 1. The van der Waals surface area contributed by atoms with Crippen molar-refractivity contribution >= 4 is 33.4 Å². The molecule has 1 aliphatic heterocycles. The van der Waals surface area contributed by atoms with E-state index in [0.29, 0.717) is 17.8 Å². The topological polar surface area (TPSA) is 58.2 Å². The first-order chi connectivity index (χ1) is 14.3. The molecule has 1 aromatic rings. The minimum Gasteiger partial charge on any atom is -0.349 e. The Bertz CT molecular complexity index is 914. The van der Waals surface area contributed by atoms with Gasteiger partial charge in [0, 0.05) is 27.5 Å². The van der Waals surface area contributed by atoms with Crippen LogP contribution in [0.1, 0.15) is 52.4 Å². The molecule has 3 aliphatic carbocycles. The van der Waals surface area contributed by atoms with Crippen molar-refractivity contribution in [2.24, 2.45) is 34.5 Å². The highest BCUT2D eigenvalue weighted by molar-refractivity contribution is 9.10. The van der Waals surface area contributed by atoms with E-state index in [4.69, 9.17) is 0 Å². The van der Waals surface area contributed by atoms with E-state index >= 15 is 0 Å². The second-order valence-electron chi connectivity index (χ2n) is 10.4. The predicted molar refractivity (Wildman–Crippen MR) is 122 cm³/mol. The zero-order chi connectivity index (χ0) is 21.1. The number of anilines is 1. The smallest absolute Gasteiger partial charge is 0.243 e. The van der Waals surface area contributed by atoms with Crippen molar-refractivity contribution in [3.05, 3.63) is 40.9 Å². The van der Waals surface area contributed by atoms with Crippen LogP contribution in [-0.2, 0) is 9.59 Å². The SMILES string of the molecule is C[C@]12C=CC(=O)NC1CCC1C2CC[C@]2(C)C(C(=O)Nc3cccc(Br)c3)CCC12. The van der Waals surface area contributed by atoms with Gasteiger partial charge in [-0.05, 0) is 86.0 Å². The molecule has 30 heavy (non-hydrogen) atoms. The van der Waals surface area contributed by atoms with Crippen LogP contribution in [0.5, 0.6) is 0 Å². The molecule has 0 bridgehead atoms. The van der Waals surface area contributed by atoms with E-state index in [1.54, 1.807) is 6.08 Å². The van der Waals surface area contributed by atoms with Gasteiger partial charge in [0.25, 0.3) is 0 Å². The van der Waals surface area contributed by atoms with E-state index in [1.165, 1.54) is 6.42 Å². The highest BCUT2D eigenvalue weighted by Crippen LogP contribution is 2.65. The summed E-state index contributed by atoms with van der Waals surface area (Å²) in [6.45, 7) is 4.72. The molecule has 7 atom stereocenters. The molecule has 1 heterocycles. The van der Waals surface area contributed by atoms with Crippen molar-refractivity contribution in [1.82, 2.24) is 5.32 Å². The summed E-state index contributed by atoms with van der Waals surface area (Å²) >= 11 is 3.49. The van der Waals surface area contributed by atoms with Gasteiger partial charge in [0.05, 0.1) is 0 Å². The zero-order valence-electron chi connectivity index (χ0n) is 17.8. The number of carbonyl (C=O) groups is 2. The predicted octanol–water partition coefficient (Wildman–Crippen LogP) is 5.30. The highest BCUT2D eigenvalue weighted by atomic mass is 79.9. The van der Waals surface area contributed by atoms with Crippen molar-refractivity contribution in [3.63, 3.8) is 0 Å². The van der Waals surface area contributed by atoms with Gasteiger partial charge in [-0.3, -0.25) is 9.59 Å². The summed E-state index contributed by atoms with van der Waals surface area (Å²) in [5.74, 6) is 2.15. The molecule has 0 saturated heterocycles. The van der Waals surface area contributed by atoms with Gasteiger partial charge in [-0.1, -0.05) is 41.9 Å². The minimum absolute atomic E-state index is 0.0504. The second kappa shape index (κ2) is 7.22. The first kappa shape index (κ1) is 20.3. The lowest BCUT2D eigenvalue weighted by Gasteiger charge is -2.58. The molecule has 0 radical (unpaired) electrons. The molecular weight excluding hydrogens is 440 g/mol. The molecule has 5 unspecified atom stereocenters. The number of rotatable bonds is 2. The van der Waals surface area contributed by atoms with Crippen LogP contribution in [0.15, 0.2) is 40.9 Å². The van der Waals surface area contributed by atoms with Gasteiger partial charge >= 0.3 is 0 Å². The van der Waals surface area contributed by atoms with Crippen LogP contribution in [0, 0.1) is 34.5 Å². The van der Waals surface area contributed by atoms with Gasteiger partial charge < -0.3 is 10.6 Å². The second-order valence-corrected chi connectivity index (χ2v) is 11.3. The van der Waals surface area contributed by atoms with E-state index in [9.17, 15) is 9.59 Å². The molecule has 0 spiro atoms. The van der Waals surface area contributed by atoms with Crippen LogP contribution in [0.2, 0.25) is 0 Å². The number of nitrogens with one attached hydrogen (secondary N) is 2. The maximum atomic E-state index is 13.3. The lowest BCUT2D eigenvalue weighted by atomic mass is 9.48. The van der Waals surface area contributed by atoms with E-state index < -0.39 is 0 Å². The monoisotopic (exact) mass is 470 g/mol. The average Bonchev–Trinajstić information content (AvgIpc) is 3.06.